The van der Waals surface area contributed by atoms with Crippen LogP contribution in [0.4, 0.5) is 5.82 Å². The second-order valence-corrected chi connectivity index (χ2v) is 4.76. The Bertz CT molecular complexity index is 325. The molecule has 1 aromatic heterocycles. The lowest BCUT2D eigenvalue weighted by Crippen LogP contribution is -2.21. The van der Waals surface area contributed by atoms with Crippen LogP contribution in [-0.4, -0.2) is 30.1 Å². The molecule has 0 amide bonds. The maximum absolute atomic E-state index is 4.47. The summed E-state index contributed by atoms with van der Waals surface area (Å²) in [7, 11) is 1.92. The number of hydrogen-bond acceptors (Lipinski definition) is 4. The van der Waals surface area contributed by atoms with Gasteiger partial charge < -0.3 is 10.2 Å². The summed E-state index contributed by atoms with van der Waals surface area (Å²) in [6, 6.07) is 0. The van der Waals surface area contributed by atoms with Crippen molar-refractivity contribution < 1.29 is 0 Å². The van der Waals surface area contributed by atoms with E-state index in [9.17, 15) is 0 Å². The summed E-state index contributed by atoms with van der Waals surface area (Å²) >= 11 is 0. The van der Waals surface area contributed by atoms with Crippen LogP contribution in [0, 0.1) is 11.8 Å². The molecule has 0 spiro atoms. The maximum atomic E-state index is 4.47. The molecule has 2 atom stereocenters. The van der Waals surface area contributed by atoms with Gasteiger partial charge in [0.05, 0.1) is 18.1 Å². The van der Waals surface area contributed by atoms with Gasteiger partial charge in [0.2, 0.25) is 0 Å². The number of hydrogen-bond donors (Lipinski definition) is 1. The van der Waals surface area contributed by atoms with Gasteiger partial charge >= 0.3 is 0 Å². The summed E-state index contributed by atoms with van der Waals surface area (Å²) in [5.74, 6) is 2.51. The molecule has 0 radical (unpaired) electrons. The first kappa shape index (κ1) is 11.3. The van der Waals surface area contributed by atoms with E-state index < -0.39 is 0 Å². The van der Waals surface area contributed by atoms with Gasteiger partial charge in [0.15, 0.2) is 0 Å². The van der Waals surface area contributed by atoms with E-state index in [2.05, 4.69) is 34.0 Å². The number of nitrogens with one attached hydrogen (secondary N) is 1. The van der Waals surface area contributed by atoms with Crippen molar-refractivity contribution in [3.05, 3.63) is 18.1 Å². The van der Waals surface area contributed by atoms with Gasteiger partial charge in [-0.3, -0.25) is 4.98 Å². The minimum Gasteiger partial charge on any atom is -0.355 e. The average molecular weight is 220 g/mol. The quantitative estimate of drug-likeness (QED) is 0.833. The van der Waals surface area contributed by atoms with Crippen molar-refractivity contribution in [2.75, 3.05) is 25.0 Å². The number of anilines is 1. The molecule has 88 valence electrons. The molecule has 1 fully saturated rings. The molecule has 0 bridgehead atoms. The lowest BCUT2D eigenvalue weighted by Gasteiger charge is -2.16. The molecule has 1 aliphatic heterocycles. The molecule has 2 rings (SSSR count). The smallest absolute Gasteiger partial charge is 0.147 e. The van der Waals surface area contributed by atoms with Gasteiger partial charge in [-0.25, -0.2) is 4.98 Å². The molecule has 4 heteroatoms. The summed E-state index contributed by atoms with van der Waals surface area (Å²) in [6.07, 6.45) is 3.75. The van der Waals surface area contributed by atoms with Crippen LogP contribution >= 0.6 is 0 Å². The zero-order valence-corrected chi connectivity index (χ0v) is 10.3. The fourth-order valence-corrected chi connectivity index (χ4v) is 2.10. The molecule has 1 N–H and O–H groups in total. The Hall–Kier alpha value is -1.16. The van der Waals surface area contributed by atoms with Gasteiger partial charge in [0.25, 0.3) is 0 Å². The van der Waals surface area contributed by atoms with Crippen molar-refractivity contribution >= 4 is 5.82 Å². The third-order valence-corrected chi connectivity index (χ3v) is 3.36. The number of nitrogens with zero attached hydrogens (tertiary/aromatic N) is 3. The fraction of sp³-hybridized carbons (Fsp3) is 0.667. The first-order chi connectivity index (χ1) is 7.70. The van der Waals surface area contributed by atoms with E-state index in [4.69, 9.17) is 0 Å². The van der Waals surface area contributed by atoms with Gasteiger partial charge in [-0.1, -0.05) is 13.8 Å². The summed E-state index contributed by atoms with van der Waals surface area (Å²) in [5.41, 5.74) is 0.992. The van der Waals surface area contributed by atoms with Crippen molar-refractivity contribution in [1.29, 1.82) is 0 Å². The predicted molar refractivity (Wildman–Crippen MR) is 65.3 cm³/mol. The van der Waals surface area contributed by atoms with Gasteiger partial charge in [0.1, 0.15) is 5.82 Å². The lowest BCUT2D eigenvalue weighted by molar-refractivity contribution is 0.494. The standard InChI is InChI=1S/C12H20N4/c1-9-7-16(8-10(9)2)12-6-14-11(4-13-3)5-15-12/h5-6,9-10,13H,4,7-8H2,1-3H3. The van der Waals surface area contributed by atoms with Crippen molar-refractivity contribution in [2.45, 2.75) is 20.4 Å². The molecule has 1 aromatic rings. The normalized spacial score (nSPS) is 25.1. The predicted octanol–water partition coefficient (Wildman–Crippen LogP) is 1.29. The second-order valence-electron chi connectivity index (χ2n) is 4.76. The van der Waals surface area contributed by atoms with Crippen LogP contribution in [0.25, 0.3) is 0 Å². The zero-order valence-electron chi connectivity index (χ0n) is 10.3. The molecule has 1 aliphatic rings. The third kappa shape index (κ3) is 2.32. The highest BCUT2D eigenvalue weighted by molar-refractivity contribution is 5.37. The van der Waals surface area contributed by atoms with E-state index in [0.29, 0.717) is 0 Å². The fourth-order valence-electron chi connectivity index (χ4n) is 2.10. The summed E-state index contributed by atoms with van der Waals surface area (Å²) in [4.78, 5) is 11.2. The molecule has 16 heavy (non-hydrogen) atoms. The topological polar surface area (TPSA) is 41.1 Å². The van der Waals surface area contributed by atoms with Crippen LogP contribution in [0.5, 0.6) is 0 Å². The number of rotatable bonds is 3. The van der Waals surface area contributed by atoms with Crippen LogP contribution in [0.1, 0.15) is 19.5 Å². The molecule has 0 aromatic carbocycles. The largest absolute Gasteiger partial charge is 0.355 e. The van der Waals surface area contributed by atoms with E-state index in [1.165, 1.54) is 0 Å². The van der Waals surface area contributed by atoms with Gasteiger partial charge in [0, 0.05) is 19.6 Å². The monoisotopic (exact) mass is 220 g/mol. The molecular weight excluding hydrogens is 200 g/mol. The minimum atomic E-state index is 0.749. The van der Waals surface area contributed by atoms with Crippen molar-refractivity contribution in [1.82, 2.24) is 15.3 Å². The lowest BCUT2D eigenvalue weighted by atomic mass is 10.0. The Balaban J connectivity index is 2.05. The number of aromatic nitrogens is 2. The Morgan fingerprint density at radius 1 is 1.25 bits per heavy atom. The van der Waals surface area contributed by atoms with Gasteiger partial charge in [-0.15, -0.1) is 0 Å². The van der Waals surface area contributed by atoms with Crippen molar-refractivity contribution in [3.63, 3.8) is 0 Å². The van der Waals surface area contributed by atoms with E-state index in [0.717, 1.165) is 43.0 Å². The second kappa shape index (κ2) is 4.78. The van der Waals surface area contributed by atoms with Crippen LogP contribution in [0.15, 0.2) is 12.4 Å². The highest BCUT2D eigenvalue weighted by Crippen LogP contribution is 2.25. The molecule has 4 nitrogen and oxygen atoms in total. The molecule has 2 heterocycles. The molecule has 2 unspecified atom stereocenters. The summed E-state index contributed by atoms with van der Waals surface area (Å²) in [6.45, 7) is 7.57. The van der Waals surface area contributed by atoms with E-state index >= 15 is 0 Å². The SMILES string of the molecule is CNCc1cnc(N2CC(C)C(C)C2)cn1. The average Bonchev–Trinajstić information content (AvgIpc) is 2.61. The Kier molecular flexibility index (Phi) is 3.39. The molecule has 1 saturated heterocycles. The Morgan fingerprint density at radius 2 is 1.94 bits per heavy atom. The highest BCUT2D eigenvalue weighted by atomic mass is 15.2. The van der Waals surface area contributed by atoms with E-state index in [1.807, 2.05) is 19.4 Å². The Morgan fingerprint density at radius 3 is 2.44 bits per heavy atom. The molecule has 0 aliphatic carbocycles. The first-order valence-electron chi connectivity index (χ1n) is 5.91. The maximum Gasteiger partial charge on any atom is 0.147 e. The molecule has 0 saturated carbocycles. The summed E-state index contributed by atoms with van der Waals surface area (Å²) in [5, 5.41) is 3.07. The van der Waals surface area contributed by atoms with E-state index in [1.54, 1.807) is 0 Å². The van der Waals surface area contributed by atoms with Gasteiger partial charge in [-0.2, -0.15) is 0 Å². The van der Waals surface area contributed by atoms with Crippen LogP contribution in [0.2, 0.25) is 0 Å². The molecular formula is C12H20N4. The minimum absolute atomic E-state index is 0.749. The van der Waals surface area contributed by atoms with E-state index in [-0.39, 0.29) is 0 Å². The highest BCUT2D eigenvalue weighted by Gasteiger charge is 2.26. The van der Waals surface area contributed by atoms with Crippen LogP contribution in [0.3, 0.4) is 0 Å². The van der Waals surface area contributed by atoms with Crippen LogP contribution in [-0.2, 0) is 6.54 Å². The first-order valence-corrected chi connectivity index (χ1v) is 5.91. The van der Waals surface area contributed by atoms with Crippen LogP contribution < -0.4 is 10.2 Å². The van der Waals surface area contributed by atoms with Crippen molar-refractivity contribution in [3.8, 4) is 0 Å². The zero-order chi connectivity index (χ0) is 11.5. The van der Waals surface area contributed by atoms with Gasteiger partial charge in [-0.05, 0) is 18.9 Å². The third-order valence-electron chi connectivity index (χ3n) is 3.36. The Labute approximate surface area is 97.1 Å². The summed E-state index contributed by atoms with van der Waals surface area (Å²) < 4.78 is 0. The van der Waals surface area contributed by atoms with Crippen molar-refractivity contribution in [2.24, 2.45) is 11.8 Å².